The van der Waals surface area contributed by atoms with Crippen LogP contribution in [0.15, 0.2) is 16.5 Å². The van der Waals surface area contributed by atoms with Gasteiger partial charge in [0.25, 0.3) is 0 Å². The first kappa shape index (κ1) is 12.2. The highest BCUT2D eigenvalue weighted by Crippen LogP contribution is 2.23. The molecule has 6 heteroatoms. The minimum Gasteiger partial charge on any atom is -0.458 e. The Hall–Kier alpha value is -1.82. The topological polar surface area (TPSA) is 84.0 Å². The Labute approximate surface area is 112 Å². The second-order valence-corrected chi connectivity index (χ2v) is 5.06. The van der Waals surface area contributed by atoms with Crippen molar-refractivity contribution >= 4 is 5.95 Å². The lowest BCUT2D eigenvalue weighted by molar-refractivity contribution is 0.411. The van der Waals surface area contributed by atoms with E-state index in [1.54, 1.807) is 0 Å². The molecule has 0 bridgehead atoms. The highest BCUT2D eigenvalue weighted by molar-refractivity contribution is 5.49. The zero-order valence-corrected chi connectivity index (χ0v) is 11.1. The number of nitrogens with zero attached hydrogens (tertiary/aromatic N) is 3. The smallest absolute Gasteiger partial charge is 0.245 e. The summed E-state index contributed by atoms with van der Waals surface area (Å²) in [6.07, 6.45) is 2.22. The van der Waals surface area contributed by atoms with Gasteiger partial charge in [0.05, 0.1) is 0 Å². The number of aromatic amines is 1. The van der Waals surface area contributed by atoms with Gasteiger partial charge in [-0.15, -0.1) is 5.10 Å². The van der Waals surface area contributed by atoms with E-state index in [4.69, 9.17) is 10.2 Å². The Bertz CT molecular complexity index is 539. The van der Waals surface area contributed by atoms with Gasteiger partial charge in [-0.05, 0) is 44.4 Å². The molecule has 0 aliphatic carbocycles. The molecule has 1 aliphatic heterocycles. The number of rotatable bonds is 3. The number of nitrogens with one attached hydrogen (secondary N) is 1. The lowest BCUT2D eigenvalue weighted by Crippen LogP contribution is -2.36. The predicted octanol–water partition coefficient (Wildman–Crippen LogP) is 1.55. The number of hydrogen-bond donors (Lipinski definition) is 2. The molecule has 0 spiro atoms. The summed E-state index contributed by atoms with van der Waals surface area (Å²) in [5.74, 6) is 3.68. The van der Waals surface area contributed by atoms with Gasteiger partial charge in [0.1, 0.15) is 5.76 Å². The number of nitrogens with two attached hydrogens (primary N) is 1. The first-order chi connectivity index (χ1) is 9.26. The van der Waals surface area contributed by atoms with Gasteiger partial charge in [0.15, 0.2) is 11.6 Å². The lowest BCUT2D eigenvalue weighted by atomic mass is 9.97. The zero-order chi connectivity index (χ0) is 13.2. The highest BCUT2D eigenvalue weighted by atomic mass is 16.3. The molecule has 19 heavy (non-hydrogen) atoms. The first-order valence-electron chi connectivity index (χ1n) is 6.70. The number of H-pyrrole nitrogens is 1. The molecule has 0 aromatic carbocycles. The van der Waals surface area contributed by atoms with Crippen LogP contribution in [-0.4, -0.2) is 34.8 Å². The van der Waals surface area contributed by atoms with E-state index in [-0.39, 0.29) is 0 Å². The second-order valence-electron chi connectivity index (χ2n) is 5.06. The van der Waals surface area contributed by atoms with Crippen LogP contribution in [-0.2, 0) is 0 Å². The minimum atomic E-state index is 0.641. The van der Waals surface area contributed by atoms with Gasteiger partial charge in [-0.1, -0.05) is 0 Å². The normalized spacial score (nSPS) is 17.1. The molecule has 2 aromatic rings. The van der Waals surface area contributed by atoms with Crippen molar-refractivity contribution in [3.63, 3.8) is 0 Å². The third-order valence-corrected chi connectivity index (χ3v) is 3.68. The third kappa shape index (κ3) is 2.49. The summed E-state index contributed by atoms with van der Waals surface area (Å²) >= 11 is 0. The molecular formula is C13H19N5O. The average molecular weight is 261 g/mol. The van der Waals surface area contributed by atoms with Crippen molar-refractivity contribution in [2.75, 3.05) is 24.5 Å². The fourth-order valence-electron chi connectivity index (χ4n) is 2.44. The molecule has 0 radical (unpaired) electrons. The van der Waals surface area contributed by atoms with Crippen LogP contribution in [0.25, 0.3) is 11.6 Å². The molecule has 2 aromatic heterocycles. The summed E-state index contributed by atoms with van der Waals surface area (Å²) in [6.45, 7) is 4.63. The van der Waals surface area contributed by atoms with Crippen molar-refractivity contribution in [2.45, 2.75) is 19.8 Å². The molecule has 1 saturated heterocycles. The van der Waals surface area contributed by atoms with Crippen molar-refractivity contribution < 1.29 is 4.42 Å². The summed E-state index contributed by atoms with van der Waals surface area (Å²) in [7, 11) is 0. The summed E-state index contributed by atoms with van der Waals surface area (Å²) in [5, 5.41) is 7.21. The van der Waals surface area contributed by atoms with E-state index in [0.717, 1.165) is 49.9 Å². The van der Waals surface area contributed by atoms with Crippen molar-refractivity contribution in [3.8, 4) is 11.6 Å². The Kier molecular flexibility index (Phi) is 3.25. The molecule has 1 fully saturated rings. The number of anilines is 1. The van der Waals surface area contributed by atoms with E-state index in [9.17, 15) is 0 Å². The van der Waals surface area contributed by atoms with Gasteiger partial charge in [-0.3, -0.25) is 5.10 Å². The van der Waals surface area contributed by atoms with Crippen molar-refractivity contribution in [3.05, 3.63) is 17.9 Å². The number of piperidine rings is 1. The molecule has 102 valence electrons. The van der Waals surface area contributed by atoms with E-state index in [1.807, 2.05) is 19.1 Å². The molecule has 3 N–H and O–H groups in total. The van der Waals surface area contributed by atoms with Gasteiger partial charge in [-0.2, -0.15) is 4.98 Å². The molecule has 3 rings (SSSR count). The van der Waals surface area contributed by atoms with Gasteiger partial charge in [0, 0.05) is 13.1 Å². The highest BCUT2D eigenvalue weighted by Gasteiger charge is 2.21. The summed E-state index contributed by atoms with van der Waals surface area (Å²) in [4.78, 5) is 6.70. The molecule has 1 aliphatic rings. The monoisotopic (exact) mass is 261 g/mol. The van der Waals surface area contributed by atoms with Crippen LogP contribution in [0.1, 0.15) is 18.6 Å². The summed E-state index contributed by atoms with van der Waals surface area (Å²) in [5.41, 5.74) is 5.70. The number of aromatic nitrogens is 3. The summed E-state index contributed by atoms with van der Waals surface area (Å²) < 4.78 is 5.54. The van der Waals surface area contributed by atoms with Crippen LogP contribution in [0.5, 0.6) is 0 Å². The van der Waals surface area contributed by atoms with Gasteiger partial charge in [0.2, 0.25) is 5.95 Å². The van der Waals surface area contributed by atoms with Crippen molar-refractivity contribution in [1.29, 1.82) is 0 Å². The van der Waals surface area contributed by atoms with E-state index < -0.39 is 0 Å². The Morgan fingerprint density at radius 1 is 1.42 bits per heavy atom. The van der Waals surface area contributed by atoms with E-state index in [1.165, 1.54) is 0 Å². The molecule has 0 saturated carbocycles. The Morgan fingerprint density at radius 2 is 2.21 bits per heavy atom. The first-order valence-corrected chi connectivity index (χ1v) is 6.70. The van der Waals surface area contributed by atoms with Gasteiger partial charge >= 0.3 is 0 Å². The third-order valence-electron chi connectivity index (χ3n) is 3.68. The molecule has 0 atom stereocenters. The molecule has 0 amide bonds. The average Bonchev–Trinajstić information content (AvgIpc) is 3.07. The van der Waals surface area contributed by atoms with Gasteiger partial charge in [-0.25, -0.2) is 0 Å². The molecule has 6 nitrogen and oxygen atoms in total. The fourth-order valence-corrected chi connectivity index (χ4v) is 2.44. The standard InChI is InChI=1S/C13H19N5O/c1-9-2-3-11(19-9)12-15-13(17-16-12)18-6-4-10(8-14)5-7-18/h2-3,10H,4-8,14H2,1H3,(H,15,16,17). The Balaban J connectivity index is 1.72. The van der Waals surface area contributed by atoms with E-state index >= 15 is 0 Å². The maximum absolute atomic E-state index is 5.70. The fraction of sp³-hybridized carbons (Fsp3) is 0.538. The number of aryl methyl sites for hydroxylation is 1. The maximum atomic E-state index is 5.70. The Morgan fingerprint density at radius 3 is 2.84 bits per heavy atom. The summed E-state index contributed by atoms with van der Waals surface area (Å²) in [6, 6.07) is 3.82. The van der Waals surface area contributed by atoms with Crippen molar-refractivity contribution in [2.24, 2.45) is 11.7 Å². The quantitative estimate of drug-likeness (QED) is 0.875. The van der Waals surface area contributed by atoms with E-state index in [2.05, 4.69) is 20.1 Å². The lowest BCUT2D eigenvalue weighted by Gasteiger charge is -2.30. The van der Waals surface area contributed by atoms with E-state index in [0.29, 0.717) is 11.7 Å². The number of furan rings is 1. The number of hydrogen-bond acceptors (Lipinski definition) is 5. The predicted molar refractivity (Wildman–Crippen MR) is 72.8 cm³/mol. The van der Waals surface area contributed by atoms with Crippen LogP contribution in [0.2, 0.25) is 0 Å². The SMILES string of the molecule is Cc1ccc(-c2nc(N3CCC(CN)CC3)n[nH]2)o1. The van der Waals surface area contributed by atoms with Crippen LogP contribution in [0.3, 0.4) is 0 Å². The second kappa shape index (κ2) is 5.05. The van der Waals surface area contributed by atoms with Crippen LogP contribution >= 0.6 is 0 Å². The molecular weight excluding hydrogens is 242 g/mol. The van der Waals surface area contributed by atoms with Crippen molar-refractivity contribution in [1.82, 2.24) is 15.2 Å². The maximum Gasteiger partial charge on any atom is 0.245 e. The van der Waals surface area contributed by atoms with Crippen LogP contribution < -0.4 is 10.6 Å². The molecule has 3 heterocycles. The van der Waals surface area contributed by atoms with Crippen LogP contribution in [0, 0.1) is 12.8 Å². The zero-order valence-electron chi connectivity index (χ0n) is 11.1. The van der Waals surface area contributed by atoms with Crippen LogP contribution in [0.4, 0.5) is 5.95 Å². The molecule has 0 unspecified atom stereocenters. The largest absolute Gasteiger partial charge is 0.458 e. The minimum absolute atomic E-state index is 0.641. The van der Waals surface area contributed by atoms with Gasteiger partial charge < -0.3 is 15.1 Å².